The lowest BCUT2D eigenvalue weighted by atomic mass is 10.00. The number of hydrogen-bond donors (Lipinski definition) is 0. The van der Waals surface area contributed by atoms with Gasteiger partial charge < -0.3 is 4.74 Å². The van der Waals surface area contributed by atoms with Gasteiger partial charge in [-0.3, -0.25) is 9.59 Å². The van der Waals surface area contributed by atoms with Crippen molar-refractivity contribution in [1.29, 1.82) is 0 Å². The lowest BCUT2D eigenvalue weighted by Crippen LogP contribution is -2.17. The number of rotatable bonds is 9. The van der Waals surface area contributed by atoms with E-state index in [1.54, 1.807) is 0 Å². The molecule has 0 amide bonds. The molecule has 1 unspecified atom stereocenters. The van der Waals surface area contributed by atoms with Gasteiger partial charge in [-0.15, -0.1) is 0 Å². The molecule has 3 nitrogen and oxygen atoms in total. The van der Waals surface area contributed by atoms with E-state index in [9.17, 15) is 9.59 Å². The molecule has 0 radical (unpaired) electrons. The van der Waals surface area contributed by atoms with Crippen molar-refractivity contribution in [3.05, 3.63) is 108 Å². The van der Waals surface area contributed by atoms with Crippen LogP contribution in [0.4, 0.5) is 0 Å². The summed E-state index contributed by atoms with van der Waals surface area (Å²) in [5, 5.41) is 0. The van der Waals surface area contributed by atoms with Gasteiger partial charge in [-0.25, -0.2) is 0 Å². The number of benzene rings is 3. The topological polar surface area (TPSA) is 43.4 Å². The molecule has 0 aromatic heterocycles. The number of ketones is 2. The molecule has 3 rings (SSSR count). The van der Waals surface area contributed by atoms with Crippen LogP contribution < -0.4 is 0 Å². The number of unbranched alkanes of at least 4 members (excludes halogenated alkanes) is 1. The molecule has 30 heavy (non-hydrogen) atoms. The normalized spacial score (nSPS) is 11.1. The minimum absolute atomic E-state index is 0.0212. The zero-order chi connectivity index (χ0) is 21.6. The van der Waals surface area contributed by atoms with Gasteiger partial charge in [-0.1, -0.05) is 111 Å². The van der Waals surface area contributed by atoms with Gasteiger partial charge in [0.05, 0.1) is 0 Å². The van der Waals surface area contributed by atoms with E-state index in [0.29, 0.717) is 18.6 Å². The van der Waals surface area contributed by atoms with Crippen LogP contribution >= 0.6 is 0 Å². The van der Waals surface area contributed by atoms with E-state index >= 15 is 0 Å². The third-order valence-corrected chi connectivity index (χ3v) is 4.60. The number of ether oxygens (including phenoxy) is 1. The number of carbonyl (C=O) groups is 2. The standard InChI is InChI=1S/C18H20O2.C9H10O/c1-2-3-14-20-18(16-12-8-5-9-13-16)17(19)15-10-6-4-7-11-15;1-2-9(10)8-6-4-3-5-7-8/h4-13,18H,2-3,14H2,1H3;3-7H,2H2,1H3. The third-order valence-electron chi connectivity index (χ3n) is 4.60. The SMILES string of the molecule is CCC(=O)c1ccccc1.CCCCOC(C(=O)c1ccccc1)c1ccccc1. The second kappa shape index (κ2) is 13.2. The van der Waals surface area contributed by atoms with Gasteiger partial charge in [-0.2, -0.15) is 0 Å². The first kappa shape index (κ1) is 23.2. The number of carbonyl (C=O) groups excluding carboxylic acids is 2. The zero-order valence-electron chi connectivity index (χ0n) is 17.8. The highest BCUT2D eigenvalue weighted by Crippen LogP contribution is 2.22. The lowest BCUT2D eigenvalue weighted by Gasteiger charge is -2.17. The van der Waals surface area contributed by atoms with Crippen molar-refractivity contribution < 1.29 is 14.3 Å². The van der Waals surface area contributed by atoms with Crippen molar-refractivity contribution in [3.8, 4) is 0 Å². The summed E-state index contributed by atoms with van der Waals surface area (Å²) in [6.45, 7) is 4.59. The first-order valence-corrected chi connectivity index (χ1v) is 10.5. The van der Waals surface area contributed by atoms with Crippen LogP contribution in [0.25, 0.3) is 0 Å². The Bertz CT molecular complexity index is 874. The fourth-order valence-electron chi connectivity index (χ4n) is 2.88. The quantitative estimate of drug-likeness (QED) is 0.295. The van der Waals surface area contributed by atoms with Crippen LogP contribution in [0, 0.1) is 0 Å². The summed E-state index contributed by atoms with van der Waals surface area (Å²) in [5.41, 5.74) is 2.42. The van der Waals surface area contributed by atoms with Crippen molar-refractivity contribution in [2.24, 2.45) is 0 Å². The average molecular weight is 403 g/mol. The summed E-state index contributed by atoms with van der Waals surface area (Å²) >= 11 is 0. The molecule has 0 N–H and O–H groups in total. The molecule has 0 saturated heterocycles. The van der Waals surface area contributed by atoms with Crippen molar-refractivity contribution in [3.63, 3.8) is 0 Å². The molecule has 0 fully saturated rings. The van der Waals surface area contributed by atoms with Gasteiger partial charge in [0, 0.05) is 24.2 Å². The largest absolute Gasteiger partial charge is 0.365 e. The lowest BCUT2D eigenvalue weighted by molar-refractivity contribution is 0.0395. The van der Waals surface area contributed by atoms with E-state index in [0.717, 1.165) is 24.0 Å². The zero-order valence-corrected chi connectivity index (χ0v) is 17.8. The molecule has 0 heterocycles. The van der Waals surface area contributed by atoms with E-state index in [-0.39, 0.29) is 11.6 Å². The first-order chi connectivity index (χ1) is 14.7. The Morgan fingerprint density at radius 3 is 1.73 bits per heavy atom. The van der Waals surface area contributed by atoms with E-state index in [2.05, 4.69) is 6.92 Å². The summed E-state index contributed by atoms with van der Waals surface area (Å²) in [4.78, 5) is 23.6. The minimum atomic E-state index is -0.509. The second-order valence-corrected chi connectivity index (χ2v) is 6.89. The fourth-order valence-corrected chi connectivity index (χ4v) is 2.88. The maximum absolute atomic E-state index is 12.6. The molecule has 0 aliphatic rings. The maximum Gasteiger partial charge on any atom is 0.196 e. The first-order valence-electron chi connectivity index (χ1n) is 10.5. The van der Waals surface area contributed by atoms with Gasteiger partial charge in [0.1, 0.15) is 6.10 Å². The molecule has 0 saturated carbocycles. The Hall–Kier alpha value is -3.04. The van der Waals surface area contributed by atoms with E-state index < -0.39 is 6.10 Å². The molecule has 1 atom stereocenters. The van der Waals surface area contributed by atoms with Gasteiger partial charge in [0.2, 0.25) is 0 Å². The van der Waals surface area contributed by atoms with E-state index in [1.165, 1.54) is 0 Å². The summed E-state index contributed by atoms with van der Waals surface area (Å²) < 4.78 is 5.84. The molecule has 156 valence electrons. The summed E-state index contributed by atoms with van der Waals surface area (Å²) in [7, 11) is 0. The van der Waals surface area contributed by atoms with Crippen molar-refractivity contribution in [1.82, 2.24) is 0 Å². The van der Waals surface area contributed by atoms with E-state index in [1.807, 2.05) is 97.9 Å². The molecule has 0 aliphatic carbocycles. The summed E-state index contributed by atoms with van der Waals surface area (Å²) in [6, 6.07) is 28.4. The van der Waals surface area contributed by atoms with Gasteiger partial charge in [0.15, 0.2) is 11.6 Å². The summed E-state index contributed by atoms with van der Waals surface area (Å²) in [6.07, 6.45) is 2.10. The van der Waals surface area contributed by atoms with Crippen molar-refractivity contribution in [2.75, 3.05) is 6.61 Å². The molecule has 0 aliphatic heterocycles. The molecule has 0 spiro atoms. The Kier molecular flexibility index (Phi) is 10.3. The number of Topliss-reactive ketones (excluding diaryl/α,β-unsaturated/α-hetero) is 2. The number of hydrogen-bond acceptors (Lipinski definition) is 3. The Balaban J connectivity index is 0.000000269. The van der Waals surface area contributed by atoms with E-state index in [4.69, 9.17) is 4.74 Å². The smallest absolute Gasteiger partial charge is 0.196 e. The Morgan fingerprint density at radius 1 is 0.733 bits per heavy atom. The van der Waals surface area contributed by atoms with Crippen LogP contribution in [0.2, 0.25) is 0 Å². The highest BCUT2D eigenvalue weighted by atomic mass is 16.5. The van der Waals surface area contributed by atoms with Crippen LogP contribution in [0.5, 0.6) is 0 Å². The second-order valence-electron chi connectivity index (χ2n) is 6.89. The molecular weight excluding hydrogens is 372 g/mol. The van der Waals surface area contributed by atoms with Crippen LogP contribution in [0.1, 0.15) is 65.5 Å². The van der Waals surface area contributed by atoms with Gasteiger partial charge in [-0.05, 0) is 12.0 Å². The molecular formula is C27H30O3. The summed E-state index contributed by atoms with van der Waals surface area (Å²) in [5.74, 6) is 0.230. The molecule has 3 aromatic rings. The molecule has 3 aromatic carbocycles. The van der Waals surface area contributed by atoms with Crippen LogP contribution in [-0.4, -0.2) is 18.2 Å². The monoisotopic (exact) mass is 402 g/mol. The van der Waals surface area contributed by atoms with Gasteiger partial charge in [0.25, 0.3) is 0 Å². The molecule has 0 bridgehead atoms. The predicted octanol–water partition coefficient (Wildman–Crippen LogP) is 6.71. The Labute approximate surface area is 179 Å². The van der Waals surface area contributed by atoms with Crippen LogP contribution in [0.15, 0.2) is 91.0 Å². The van der Waals surface area contributed by atoms with Crippen LogP contribution in [-0.2, 0) is 4.74 Å². The van der Waals surface area contributed by atoms with Gasteiger partial charge >= 0.3 is 0 Å². The van der Waals surface area contributed by atoms with Crippen LogP contribution in [0.3, 0.4) is 0 Å². The maximum atomic E-state index is 12.6. The minimum Gasteiger partial charge on any atom is -0.365 e. The Morgan fingerprint density at radius 2 is 1.23 bits per heavy atom. The molecule has 3 heteroatoms. The highest BCUT2D eigenvalue weighted by molar-refractivity contribution is 6.00. The third kappa shape index (κ3) is 7.41. The average Bonchev–Trinajstić information content (AvgIpc) is 2.83. The van der Waals surface area contributed by atoms with Crippen molar-refractivity contribution >= 4 is 11.6 Å². The fraction of sp³-hybridized carbons (Fsp3) is 0.259. The van der Waals surface area contributed by atoms with Crippen molar-refractivity contribution in [2.45, 2.75) is 39.2 Å². The highest BCUT2D eigenvalue weighted by Gasteiger charge is 2.22. The predicted molar refractivity (Wildman–Crippen MR) is 122 cm³/mol.